The molecule has 25 heavy (non-hydrogen) atoms. The number of amides is 2. The van der Waals surface area contributed by atoms with Gasteiger partial charge in [0.15, 0.2) is 0 Å². The van der Waals surface area contributed by atoms with Crippen molar-refractivity contribution in [1.82, 2.24) is 9.96 Å². The van der Waals surface area contributed by atoms with Crippen molar-refractivity contribution in [3.05, 3.63) is 34.9 Å². The van der Waals surface area contributed by atoms with E-state index < -0.39 is 5.60 Å². The van der Waals surface area contributed by atoms with Crippen molar-refractivity contribution in [1.29, 1.82) is 0 Å². The van der Waals surface area contributed by atoms with Gasteiger partial charge in [0.1, 0.15) is 5.60 Å². The molecule has 6 nitrogen and oxygen atoms in total. The maximum absolute atomic E-state index is 12.4. The third-order valence-corrected chi connectivity index (χ3v) is 4.28. The topological polar surface area (TPSA) is 59.1 Å². The lowest BCUT2D eigenvalue weighted by Crippen LogP contribution is -2.38. The molecule has 1 aromatic rings. The number of hydroxylamine groups is 2. The van der Waals surface area contributed by atoms with Crippen molar-refractivity contribution in [3.8, 4) is 0 Å². The Morgan fingerprint density at radius 1 is 1.28 bits per heavy atom. The summed E-state index contributed by atoms with van der Waals surface area (Å²) in [4.78, 5) is 31.4. The largest absolute Gasteiger partial charge is 0.444 e. The summed E-state index contributed by atoms with van der Waals surface area (Å²) in [7, 11) is 3.05. The van der Waals surface area contributed by atoms with Crippen molar-refractivity contribution >= 4 is 12.0 Å². The highest BCUT2D eigenvalue weighted by Crippen LogP contribution is 2.27. The van der Waals surface area contributed by atoms with Gasteiger partial charge in [-0.3, -0.25) is 9.63 Å². The van der Waals surface area contributed by atoms with Crippen LogP contribution in [0.2, 0.25) is 0 Å². The van der Waals surface area contributed by atoms with Crippen LogP contribution in [0.15, 0.2) is 18.2 Å². The van der Waals surface area contributed by atoms with Gasteiger partial charge in [-0.2, -0.15) is 0 Å². The average molecular weight is 348 g/mol. The molecule has 0 spiro atoms. The lowest BCUT2D eigenvalue weighted by molar-refractivity contribution is -0.0757. The highest BCUT2D eigenvalue weighted by molar-refractivity contribution is 5.93. The summed E-state index contributed by atoms with van der Waals surface area (Å²) in [6.07, 6.45) is 0.454. The van der Waals surface area contributed by atoms with E-state index in [9.17, 15) is 9.59 Å². The zero-order valence-electron chi connectivity index (χ0n) is 16.0. The number of ether oxygens (including phenoxy) is 1. The Kier molecular flexibility index (Phi) is 5.72. The second-order valence-electron chi connectivity index (χ2n) is 7.48. The van der Waals surface area contributed by atoms with Gasteiger partial charge in [0.05, 0.1) is 7.11 Å². The number of nitrogens with zero attached hydrogens (tertiary/aromatic N) is 2. The monoisotopic (exact) mass is 348 g/mol. The summed E-state index contributed by atoms with van der Waals surface area (Å²) in [5, 5.41) is 1.20. The maximum atomic E-state index is 12.4. The molecule has 0 saturated heterocycles. The first-order valence-electron chi connectivity index (χ1n) is 8.55. The van der Waals surface area contributed by atoms with Gasteiger partial charge in [-0.15, -0.1) is 0 Å². The molecule has 0 radical (unpaired) electrons. The van der Waals surface area contributed by atoms with Crippen LogP contribution in [-0.4, -0.2) is 54.8 Å². The molecule has 138 valence electrons. The quantitative estimate of drug-likeness (QED) is 0.770. The third kappa shape index (κ3) is 4.72. The lowest BCUT2D eigenvalue weighted by atomic mass is 9.93. The normalized spacial score (nSPS) is 17.5. The summed E-state index contributed by atoms with van der Waals surface area (Å²) in [6, 6.07) is 5.70. The molecule has 6 heteroatoms. The van der Waals surface area contributed by atoms with E-state index in [0.717, 1.165) is 17.5 Å². The highest BCUT2D eigenvalue weighted by atomic mass is 16.7. The molecule has 1 heterocycles. The van der Waals surface area contributed by atoms with Crippen molar-refractivity contribution < 1.29 is 19.2 Å². The van der Waals surface area contributed by atoms with Crippen molar-refractivity contribution in [3.63, 3.8) is 0 Å². The van der Waals surface area contributed by atoms with Gasteiger partial charge in [0.25, 0.3) is 5.91 Å². The summed E-state index contributed by atoms with van der Waals surface area (Å²) >= 11 is 0. The molecule has 1 aliphatic heterocycles. The fraction of sp³-hybridized carbons (Fsp3) is 0.579. The molecule has 1 aromatic carbocycles. The summed E-state index contributed by atoms with van der Waals surface area (Å²) in [5.41, 5.74) is 2.33. The van der Waals surface area contributed by atoms with E-state index in [0.29, 0.717) is 18.7 Å². The van der Waals surface area contributed by atoms with E-state index in [1.165, 1.54) is 12.2 Å². The Hall–Kier alpha value is -2.08. The van der Waals surface area contributed by atoms with Crippen molar-refractivity contribution in [2.24, 2.45) is 0 Å². The van der Waals surface area contributed by atoms with Crippen LogP contribution in [0.25, 0.3) is 0 Å². The minimum absolute atomic E-state index is 0.116. The van der Waals surface area contributed by atoms with E-state index in [4.69, 9.17) is 9.57 Å². The van der Waals surface area contributed by atoms with Crippen molar-refractivity contribution in [2.45, 2.75) is 45.6 Å². The van der Waals surface area contributed by atoms with Gasteiger partial charge in [-0.05, 0) is 56.4 Å². The Morgan fingerprint density at radius 2 is 1.96 bits per heavy atom. The fourth-order valence-electron chi connectivity index (χ4n) is 2.95. The van der Waals surface area contributed by atoms with E-state index in [1.54, 1.807) is 11.9 Å². The molecular formula is C19H28N2O4. The summed E-state index contributed by atoms with van der Waals surface area (Å²) in [6.45, 7) is 8.84. The molecule has 0 N–H and O–H groups in total. The minimum Gasteiger partial charge on any atom is -0.444 e. The van der Waals surface area contributed by atoms with Gasteiger partial charge in [-0.25, -0.2) is 9.86 Å². The molecular weight excluding hydrogens is 320 g/mol. The van der Waals surface area contributed by atoms with Gasteiger partial charge in [-0.1, -0.05) is 13.0 Å². The molecule has 0 aromatic heterocycles. The molecule has 1 aliphatic rings. The molecule has 0 aliphatic carbocycles. The molecule has 0 bridgehead atoms. The first kappa shape index (κ1) is 19.2. The van der Waals surface area contributed by atoms with Gasteiger partial charge < -0.3 is 9.64 Å². The van der Waals surface area contributed by atoms with Crippen LogP contribution in [0.5, 0.6) is 0 Å². The van der Waals surface area contributed by atoms with Crippen LogP contribution in [-0.2, 0) is 16.0 Å². The average Bonchev–Trinajstić information content (AvgIpc) is 2.71. The molecule has 0 unspecified atom stereocenters. The van der Waals surface area contributed by atoms with Gasteiger partial charge in [0, 0.05) is 25.7 Å². The number of carbonyl (C=O) groups excluding carboxylic acids is 2. The first-order chi connectivity index (χ1) is 11.6. The second-order valence-corrected chi connectivity index (χ2v) is 7.48. The summed E-state index contributed by atoms with van der Waals surface area (Å²) in [5.74, 6) is -0.0728. The predicted molar refractivity (Wildman–Crippen MR) is 95.5 cm³/mol. The SMILES string of the molecule is CON(C)C(=O)c1ccc2c(c1)[C@H](C)CN(C(=O)OC(C)(C)C)CC2. The number of carbonyl (C=O) groups is 2. The number of benzene rings is 1. The molecule has 1 atom stereocenters. The fourth-order valence-corrected chi connectivity index (χ4v) is 2.95. The lowest BCUT2D eigenvalue weighted by Gasteiger charge is -2.27. The molecule has 2 amide bonds. The standard InChI is InChI=1S/C19H28N2O4/c1-13-12-21(18(23)25-19(2,3)4)10-9-14-7-8-15(11-16(13)14)17(22)20(5)24-6/h7-8,11,13H,9-10,12H2,1-6H3/t13-/m1/s1. The number of rotatable bonds is 2. The number of fused-ring (bicyclic) bond motifs is 1. The number of hydrogen-bond donors (Lipinski definition) is 0. The first-order valence-corrected chi connectivity index (χ1v) is 8.55. The molecule has 0 saturated carbocycles. The Bertz CT molecular complexity index is 651. The summed E-state index contributed by atoms with van der Waals surface area (Å²) < 4.78 is 5.50. The van der Waals surface area contributed by atoms with E-state index in [2.05, 4.69) is 6.92 Å². The maximum Gasteiger partial charge on any atom is 0.410 e. The van der Waals surface area contributed by atoms with Crippen LogP contribution in [0.1, 0.15) is 55.1 Å². The Labute approximate surface area is 149 Å². The zero-order valence-corrected chi connectivity index (χ0v) is 16.0. The van der Waals surface area contributed by atoms with Gasteiger partial charge in [0.2, 0.25) is 0 Å². The van der Waals surface area contributed by atoms with Crippen LogP contribution < -0.4 is 0 Å². The van der Waals surface area contributed by atoms with Crippen LogP contribution in [0.3, 0.4) is 0 Å². The van der Waals surface area contributed by atoms with E-state index >= 15 is 0 Å². The van der Waals surface area contributed by atoms with E-state index in [-0.39, 0.29) is 17.9 Å². The molecule has 0 fully saturated rings. The van der Waals surface area contributed by atoms with Crippen LogP contribution in [0, 0.1) is 0 Å². The number of hydrogen-bond acceptors (Lipinski definition) is 4. The Balaban J connectivity index is 2.20. The van der Waals surface area contributed by atoms with Gasteiger partial charge >= 0.3 is 6.09 Å². The van der Waals surface area contributed by atoms with Crippen LogP contribution in [0.4, 0.5) is 4.79 Å². The third-order valence-electron chi connectivity index (χ3n) is 4.28. The Morgan fingerprint density at radius 3 is 2.56 bits per heavy atom. The molecule has 2 rings (SSSR count). The zero-order chi connectivity index (χ0) is 18.8. The smallest absolute Gasteiger partial charge is 0.410 e. The second kappa shape index (κ2) is 7.44. The van der Waals surface area contributed by atoms with Crippen molar-refractivity contribution in [2.75, 3.05) is 27.2 Å². The predicted octanol–water partition coefficient (Wildman–Crippen LogP) is 3.22. The van der Waals surface area contributed by atoms with Crippen LogP contribution >= 0.6 is 0 Å². The minimum atomic E-state index is -0.510. The highest BCUT2D eigenvalue weighted by Gasteiger charge is 2.27. The van der Waals surface area contributed by atoms with E-state index in [1.807, 2.05) is 39.0 Å².